The summed E-state index contributed by atoms with van der Waals surface area (Å²) in [5.41, 5.74) is 0. The summed E-state index contributed by atoms with van der Waals surface area (Å²) in [5, 5.41) is 0. The zero-order valence-electron chi connectivity index (χ0n) is 6.51. The van der Waals surface area contributed by atoms with Crippen LogP contribution in [0.4, 0.5) is 0 Å². The van der Waals surface area contributed by atoms with Crippen LogP contribution in [0.15, 0.2) is 29.4 Å². The van der Waals surface area contributed by atoms with Crippen LogP contribution in [-0.4, -0.2) is 18.0 Å². The standard InChI is InChI=1S/C7H9NO2S2/c1-6(11)12(9,10)7-3-2-4-8-5-7/h2-6,11H,1H3. The lowest BCUT2D eigenvalue weighted by molar-refractivity contribution is 0.594. The summed E-state index contributed by atoms with van der Waals surface area (Å²) >= 11 is 3.87. The second kappa shape index (κ2) is 3.45. The first-order valence-electron chi connectivity index (χ1n) is 3.37. The molecular weight excluding hydrogens is 194 g/mol. The van der Waals surface area contributed by atoms with E-state index in [1.807, 2.05) is 0 Å². The van der Waals surface area contributed by atoms with Crippen LogP contribution in [0.5, 0.6) is 0 Å². The van der Waals surface area contributed by atoms with Gasteiger partial charge in [0.15, 0.2) is 9.84 Å². The van der Waals surface area contributed by atoms with Crippen LogP contribution in [0.25, 0.3) is 0 Å². The average Bonchev–Trinajstić information content (AvgIpc) is 2.06. The second-order valence-electron chi connectivity index (χ2n) is 2.33. The molecule has 0 bridgehead atoms. The Morgan fingerprint density at radius 2 is 2.25 bits per heavy atom. The van der Waals surface area contributed by atoms with E-state index in [1.54, 1.807) is 6.07 Å². The van der Waals surface area contributed by atoms with Crippen molar-refractivity contribution in [3.05, 3.63) is 24.5 Å². The van der Waals surface area contributed by atoms with Crippen LogP contribution in [0.3, 0.4) is 0 Å². The third-order valence-corrected chi connectivity index (χ3v) is 4.04. The Hall–Kier alpha value is -0.550. The first-order valence-corrected chi connectivity index (χ1v) is 5.43. The zero-order chi connectivity index (χ0) is 9.19. The molecule has 5 heteroatoms. The third-order valence-electron chi connectivity index (χ3n) is 1.41. The first kappa shape index (κ1) is 9.54. The predicted molar refractivity (Wildman–Crippen MR) is 49.9 cm³/mol. The van der Waals surface area contributed by atoms with Crippen LogP contribution in [0.2, 0.25) is 0 Å². The lowest BCUT2D eigenvalue weighted by Gasteiger charge is -2.05. The Kier molecular flexibility index (Phi) is 2.74. The van der Waals surface area contributed by atoms with Gasteiger partial charge in [0.05, 0.1) is 4.90 Å². The van der Waals surface area contributed by atoms with Crippen molar-refractivity contribution in [3.63, 3.8) is 0 Å². The van der Waals surface area contributed by atoms with E-state index < -0.39 is 14.4 Å². The van der Waals surface area contributed by atoms with E-state index in [0.717, 1.165) is 0 Å². The largest absolute Gasteiger partial charge is 0.263 e. The minimum atomic E-state index is -3.28. The quantitative estimate of drug-likeness (QED) is 0.733. The van der Waals surface area contributed by atoms with Crippen molar-refractivity contribution in [2.75, 3.05) is 0 Å². The van der Waals surface area contributed by atoms with Gasteiger partial charge in [-0.15, -0.1) is 0 Å². The monoisotopic (exact) mass is 203 g/mol. The molecule has 0 fully saturated rings. The Morgan fingerprint density at radius 1 is 1.58 bits per heavy atom. The number of pyridine rings is 1. The Labute approximate surface area is 77.2 Å². The number of rotatable bonds is 2. The van der Waals surface area contributed by atoms with E-state index in [1.165, 1.54) is 25.4 Å². The van der Waals surface area contributed by atoms with Gasteiger partial charge in [0.25, 0.3) is 0 Å². The second-order valence-corrected chi connectivity index (χ2v) is 5.73. The summed E-state index contributed by atoms with van der Waals surface area (Å²) in [5.74, 6) is 0. The van der Waals surface area contributed by atoms with Gasteiger partial charge in [-0.2, -0.15) is 12.6 Å². The minimum Gasteiger partial charge on any atom is -0.263 e. The van der Waals surface area contributed by atoms with Crippen molar-refractivity contribution in [2.45, 2.75) is 16.4 Å². The molecule has 0 aromatic carbocycles. The molecule has 12 heavy (non-hydrogen) atoms. The molecule has 1 aromatic rings. The van der Waals surface area contributed by atoms with E-state index in [0.29, 0.717) is 0 Å². The Balaban J connectivity index is 3.17. The van der Waals surface area contributed by atoms with Gasteiger partial charge in [-0.25, -0.2) is 8.42 Å². The van der Waals surface area contributed by atoms with E-state index in [9.17, 15) is 8.42 Å². The summed E-state index contributed by atoms with van der Waals surface area (Å²) in [7, 11) is -3.28. The molecule has 0 saturated heterocycles. The predicted octanol–water partition coefficient (Wildman–Crippen LogP) is 1.13. The van der Waals surface area contributed by atoms with Gasteiger partial charge in [-0.3, -0.25) is 4.98 Å². The summed E-state index contributed by atoms with van der Waals surface area (Å²) in [6.45, 7) is 1.52. The smallest absolute Gasteiger partial charge is 0.191 e. The molecule has 1 heterocycles. The van der Waals surface area contributed by atoms with Crippen LogP contribution in [0, 0.1) is 0 Å². The molecule has 1 aromatic heterocycles. The maximum atomic E-state index is 11.4. The highest BCUT2D eigenvalue weighted by molar-refractivity contribution is 8.04. The van der Waals surface area contributed by atoms with Gasteiger partial charge < -0.3 is 0 Å². The molecule has 0 aliphatic rings. The van der Waals surface area contributed by atoms with Crippen molar-refractivity contribution < 1.29 is 8.42 Å². The molecule has 0 spiro atoms. The fraction of sp³-hybridized carbons (Fsp3) is 0.286. The molecule has 0 aliphatic carbocycles. The fourth-order valence-electron chi connectivity index (χ4n) is 0.712. The lowest BCUT2D eigenvalue weighted by Crippen LogP contribution is -2.11. The summed E-state index contributed by atoms with van der Waals surface area (Å²) in [6.07, 6.45) is 2.85. The van der Waals surface area contributed by atoms with Crippen molar-refractivity contribution >= 4 is 22.5 Å². The number of sulfone groups is 1. The highest BCUT2D eigenvalue weighted by Crippen LogP contribution is 2.15. The molecule has 3 nitrogen and oxygen atoms in total. The fourth-order valence-corrected chi connectivity index (χ4v) is 1.95. The number of aromatic nitrogens is 1. The van der Waals surface area contributed by atoms with Crippen LogP contribution < -0.4 is 0 Å². The molecule has 1 unspecified atom stereocenters. The normalized spacial score (nSPS) is 14.2. The van der Waals surface area contributed by atoms with Crippen molar-refractivity contribution in [2.24, 2.45) is 0 Å². The molecule has 66 valence electrons. The van der Waals surface area contributed by atoms with E-state index in [2.05, 4.69) is 17.6 Å². The molecule has 0 N–H and O–H groups in total. The minimum absolute atomic E-state index is 0.215. The number of hydrogen-bond acceptors (Lipinski definition) is 4. The lowest BCUT2D eigenvalue weighted by atomic mass is 10.5. The number of nitrogens with zero attached hydrogens (tertiary/aromatic N) is 1. The highest BCUT2D eigenvalue weighted by atomic mass is 32.2. The highest BCUT2D eigenvalue weighted by Gasteiger charge is 2.19. The molecular formula is C7H9NO2S2. The van der Waals surface area contributed by atoms with E-state index in [-0.39, 0.29) is 4.90 Å². The maximum Gasteiger partial charge on any atom is 0.191 e. The van der Waals surface area contributed by atoms with Gasteiger partial charge in [0.2, 0.25) is 0 Å². The SMILES string of the molecule is CC(S)S(=O)(=O)c1cccnc1. The molecule has 0 saturated carbocycles. The topological polar surface area (TPSA) is 47.0 Å². The van der Waals surface area contributed by atoms with Crippen molar-refractivity contribution in [3.8, 4) is 0 Å². The van der Waals surface area contributed by atoms with Crippen LogP contribution in [-0.2, 0) is 9.84 Å². The maximum absolute atomic E-state index is 11.4. The van der Waals surface area contributed by atoms with Gasteiger partial charge in [-0.1, -0.05) is 0 Å². The van der Waals surface area contributed by atoms with Crippen molar-refractivity contribution in [1.82, 2.24) is 4.98 Å². The number of hydrogen-bond donors (Lipinski definition) is 1. The molecule has 0 radical (unpaired) electrons. The van der Waals surface area contributed by atoms with Crippen molar-refractivity contribution in [1.29, 1.82) is 0 Å². The van der Waals surface area contributed by atoms with Crippen LogP contribution in [0.1, 0.15) is 6.92 Å². The van der Waals surface area contributed by atoms with Gasteiger partial charge in [-0.05, 0) is 19.1 Å². The Morgan fingerprint density at radius 3 is 2.67 bits per heavy atom. The van der Waals surface area contributed by atoms with E-state index >= 15 is 0 Å². The molecule has 0 aliphatic heterocycles. The molecule has 0 amide bonds. The van der Waals surface area contributed by atoms with E-state index in [4.69, 9.17) is 0 Å². The summed E-state index contributed by atoms with van der Waals surface area (Å²) in [4.78, 5) is 3.94. The van der Waals surface area contributed by atoms with Gasteiger partial charge in [0, 0.05) is 12.4 Å². The van der Waals surface area contributed by atoms with Gasteiger partial charge >= 0.3 is 0 Å². The molecule has 1 atom stereocenters. The Bertz CT molecular complexity index is 345. The number of thiol groups is 1. The van der Waals surface area contributed by atoms with Gasteiger partial charge in [0.1, 0.15) is 4.58 Å². The third kappa shape index (κ3) is 1.78. The average molecular weight is 203 g/mol. The molecule has 1 rings (SSSR count). The zero-order valence-corrected chi connectivity index (χ0v) is 8.22. The van der Waals surface area contributed by atoms with Crippen LogP contribution >= 0.6 is 12.6 Å². The first-order chi connectivity index (χ1) is 5.55. The summed E-state index contributed by atoms with van der Waals surface area (Å²) in [6, 6.07) is 3.10. The summed E-state index contributed by atoms with van der Waals surface area (Å²) < 4.78 is 22.1.